The molecule has 1 aromatic rings. The quantitative estimate of drug-likeness (QED) is 0.592. The van der Waals surface area contributed by atoms with E-state index < -0.39 is 0 Å². The molecule has 1 heterocycles. The number of nitriles is 1. The molecule has 0 unspecified atom stereocenters. The van der Waals surface area contributed by atoms with Gasteiger partial charge in [-0.25, -0.2) is 4.98 Å². The van der Waals surface area contributed by atoms with Crippen LogP contribution in [0.5, 0.6) is 0 Å². The lowest BCUT2D eigenvalue weighted by Gasteiger charge is -2.12. The van der Waals surface area contributed by atoms with Crippen LogP contribution in [0, 0.1) is 11.3 Å². The van der Waals surface area contributed by atoms with Crippen molar-refractivity contribution in [3.05, 3.63) is 28.5 Å². The Morgan fingerprint density at radius 1 is 1.79 bits per heavy atom. The Morgan fingerprint density at radius 2 is 2.50 bits per heavy atom. The minimum atomic E-state index is -0.186. The van der Waals surface area contributed by atoms with Gasteiger partial charge < -0.3 is 4.90 Å². The highest BCUT2D eigenvalue weighted by molar-refractivity contribution is 9.10. The second-order valence-electron chi connectivity index (χ2n) is 2.69. The highest BCUT2D eigenvalue weighted by atomic mass is 79.9. The third-order valence-electron chi connectivity index (χ3n) is 1.63. The van der Waals surface area contributed by atoms with E-state index in [0.717, 1.165) is 0 Å². The molecule has 0 N–H and O–H groups in total. The molecule has 0 aromatic carbocycles. The molecular weight excluding hydrogens is 246 g/mol. The SMILES string of the molecule is CN(CC#N)C(=O)c1ccnc(Br)c1. The standard InChI is InChI=1S/C9H8BrN3O/c1-13(5-3-11)9(14)7-2-4-12-8(10)6-7/h2,4,6H,5H2,1H3. The number of nitrogens with zero attached hydrogens (tertiary/aromatic N) is 3. The number of aromatic nitrogens is 1. The van der Waals surface area contributed by atoms with E-state index in [0.29, 0.717) is 10.2 Å². The summed E-state index contributed by atoms with van der Waals surface area (Å²) in [5, 5.41) is 8.42. The molecule has 0 saturated heterocycles. The zero-order valence-electron chi connectivity index (χ0n) is 7.57. The van der Waals surface area contributed by atoms with E-state index in [-0.39, 0.29) is 12.5 Å². The first-order valence-corrected chi connectivity index (χ1v) is 4.68. The molecule has 5 heteroatoms. The van der Waals surface area contributed by atoms with Gasteiger partial charge in [0.05, 0.1) is 6.07 Å². The maximum Gasteiger partial charge on any atom is 0.254 e. The Hall–Kier alpha value is -1.41. The average molecular weight is 254 g/mol. The Bertz CT molecular complexity index is 386. The normalized spacial score (nSPS) is 9.21. The van der Waals surface area contributed by atoms with Crippen LogP contribution in [0.4, 0.5) is 0 Å². The van der Waals surface area contributed by atoms with Crippen LogP contribution in [-0.4, -0.2) is 29.4 Å². The Balaban J connectivity index is 2.85. The lowest BCUT2D eigenvalue weighted by atomic mass is 10.2. The second-order valence-corrected chi connectivity index (χ2v) is 3.50. The first-order chi connectivity index (χ1) is 6.65. The number of amides is 1. The highest BCUT2D eigenvalue weighted by Crippen LogP contribution is 2.09. The van der Waals surface area contributed by atoms with Crippen molar-refractivity contribution >= 4 is 21.8 Å². The summed E-state index contributed by atoms with van der Waals surface area (Å²) in [4.78, 5) is 16.9. The van der Waals surface area contributed by atoms with E-state index in [4.69, 9.17) is 5.26 Å². The van der Waals surface area contributed by atoms with Gasteiger partial charge in [0.15, 0.2) is 0 Å². The summed E-state index contributed by atoms with van der Waals surface area (Å²) in [5.74, 6) is -0.186. The van der Waals surface area contributed by atoms with Gasteiger partial charge in [-0.15, -0.1) is 0 Å². The average Bonchev–Trinajstić information content (AvgIpc) is 2.17. The Labute approximate surface area is 90.3 Å². The fraction of sp³-hybridized carbons (Fsp3) is 0.222. The van der Waals surface area contributed by atoms with Gasteiger partial charge in [0, 0.05) is 18.8 Å². The van der Waals surface area contributed by atoms with E-state index in [1.54, 1.807) is 19.2 Å². The van der Waals surface area contributed by atoms with Crippen LogP contribution in [0.25, 0.3) is 0 Å². The monoisotopic (exact) mass is 253 g/mol. The molecule has 4 nitrogen and oxygen atoms in total. The maximum atomic E-state index is 11.6. The van der Waals surface area contributed by atoms with Crippen molar-refractivity contribution in [2.75, 3.05) is 13.6 Å². The first kappa shape index (κ1) is 10.7. The highest BCUT2D eigenvalue weighted by Gasteiger charge is 2.10. The van der Waals surface area contributed by atoms with E-state index in [1.165, 1.54) is 11.1 Å². The number of hydrogen-bond donors (Lipinski definition) is 0. The van der Waals surface area contributed by atoms with Crippen LogP contribution in [0.1, 0.15) is 10.4 Å². The van der Waals surface area contributed by atoms with Crippen LogP contribution >= 0.6 is 15.9 Å². The zero-order chi connectivity index (χ0) is 10.6. The van der Waals surface area contributed by atoms with Crippen molar-refractivity contribution in [3.63, 3.8) is 0 Å². The Morgan fingerprint density at radius 3 is 3.07 bits per heavy atom. The number of hydrogen-bond acceptors (Lipinski definition) is 3. The topological polar surface area (TPSA) is 57.0 Å². The summed E-state index contributed by atoms with van der Waals surface area (Å²) < 4.78 is 0.605. The van der Waals surface area contributed by atoms with Gasteiger partial charge in [-0.1, -0.05) is 0 Å². The van der Waals surface area contributed by atoms with Crippen molar-refractivity contribution in [1.29, 1.82) is 5.26 Å². The van der Waals surface area contributed by atoms with Crippen LogP contribution in [0.3, 0.4) is 0 Å². The summed E-state index contributed by atoms with van der Waals surface area (Å²) in [6, 6.07) is 5.14. The molecule has 0 aliphatic carbocycles. The molecule has 14 heavy (non-hydrogen) atoms. The number of rotatable bonds is 2. The zero-order valence-corrected chi connectivity index (χ0v) is 9.15. The summed E-state index contributed by atoms with van der Waals surface area (Å²) in [7, 11) is 1.58. The molecule has 72 valence electrons. The maximum absolute atomic E-state index is 11.6. The molecule has 0 radical (unpaired) electrons. The molecule has 0 fully saturated rings. The lowest BCUT2D eigenvalue weighted by molar-refractivity contribution is 0.0812. The van der Waals surface area contributed by atoms with Gasteiger partial charge in [0.25, 0.3) is 5.91 Å². The number of pyridine rings is 1. The van der Waals surface area contributed by atoms with Crippen LogP contribution in [0.2, 0.25) is 0 Å². The van der Waals surface area contributed by atoms with Gasteiger partial charge >= 0.3 is 0 Å². The fourth-order valence-corrected chi connectivity index (χ4v) is 1.30. The number of carbonyl (C=O) groups excluding carboxylic acids is 1. The van der Waals surface area contributed by atoms with E-state index in [9.17, 15) is 4.79 Å². The minimum absolute atomic E-state index is 0.0821. The van der Waals surface area contributed by atoms with Crippen LogP contribution < -0.4 is 0 Å². The van der Waals surface area contributed by atoms with Gasteiger partial charge in [-0.05, 0) is 28.1 Å². The molecular formula is C9H8BrN3O. The molecule has 1 amide bonds. The van der Waals surface area contributed by atoms with Gasteiger partial charge in [-0.2, -0.15) is 5.26 Å². The van der Waals surface area contributed by atoms with E-state index in [1.807, 2.05) is 6.07 Å². The smallest absolute Gasteiger partial charge is 0.254 e. The molecule has 0 atom stereocenters. The van der Waals surface area contributed by atoms with Crippen molar-refractivity contribution in [3.8, 4) is 6.07 Å². The molecule has 0 bridgehead atoms. The molecule has 0 spiro atoms. The van der Waals surface area contributed by atoms with Crippen molar-refractivity contribution in [2.45, 2.75) is 0 Å². The van der Waals surface area contributed by atoms with Crippen molar-refractivity contribution < 1.29 is 4.79 Å². The molecule has 0 aliphatic rings. The van der Waals surface area contributed by atoms with Gasteiger partial charge in [0.1, 0.15) is 11.1 Å². The first-order valence-electron chi connectivity index (χ1n) is 3.89. The molecule has 0 saturated carbocycles. The van der Waals surface area contributed by atoms with Crippen molar-refractivity contribution in [1.82, 2.24) is 9.88 Å². The molecule has 0 aliphatic heterocycles. The summed E-state index contributed by atoms with van der Waals surface area (Å²) in [6.07, 6.45) is 1.54. The summed E-state index contributed by atoms with van der Waals surface area (Å²) in [6.45, 7) is 0.0821. The van der Waals surface area contributed by atoms with Crippen molar-refractivity contribution in [2.24, 2.45) is 0 Å². The largest absolute Gasteiger partial charge is 0.328 e. The molecule has 1 rings (SSSR count). The fourth-order valence-electron chi connectivity index (χ4n) is 0.934. The predicted octanol–water partition coefficient (Wildman–Crippen LogP) is 1.44. The predicted molar refractivity (Wildman–Crippen MR) is 54.5 cm³/mol. The van der Waals surface area contributed by atoms with Gasteiger partial charge in [-0.3, -0.25) is 4.79 Å². The minimum Gasteiger partial charge on any atom is -0.328 e. The van der Waals surface area contributed by atoms with Crippen LogP contribution in [-0.2, 0) is 0 Å². The summed E-state index contributed by atoms with van der Waals surface area (Å²) >= 11 is 3.17. The third-order valence-corrected chi connectivity index (χ3v) is 2.06. The van der Waals surface area contributed by atoms with Crippen LogP contribution in [0.15, 0.2) is 22.9 Å². The number of carbonyl (C=O) groups is 1. The van der Waals surface area contributed by atoms with Gasteiger partial charge in [0.2, 0.25) is 0 Å². The number of halogens is 1. The Kier molecular flexibility index (Phi) is 3.60. The third kappa shape index (κ3) is 2.54. The lowest BCUT2D eigenvalue weighted by Crippen LogP contribution is -2.26. The van der Waals surface area contributed by atoms with E-state index >= 15 is 0 Å². The summed E-state index contributed by atoms with van der Waals surface area (Å²) in [5.41, 5.74) is 0.518. The van der Waals surface area contributed by atoms with E-state index in [2.05, 4.69) is 20.9 Å². The second kappa shape index (κ2) is 4.72. The molecule has 1 aromatic heterocycles.